The Kier molecular flexibility index (Phi) is 7.39. The summed E-state index contributed by atoms with van der Waals surface area (Å²) in [6.45, 7) is 5.42. The van der Waals surface area contributed by atoms with Crippen LogP contribution >= 0.6 is 12.4 Å². The van der Waals surface area contributed by atoms with E-state index in [0.717, 1.165) is 25.3 Å². The van der Waals surface area contributed by atoms with Crippen molar-refractivity contribution in [3.05, 3.63) is 77.5 Å². The summed E-state index contributed by atoms with van der Waals surface area (Å²) in [4.78, 5) is 2.40. The molecule has 0 fully saturated rings. The number of hydrogen-bond acceptors (Lipinski definition) is 3. The second-order valence-corrected chi connectivity index (χ2v) is 6.49. The quantitative estimate of drug-likeness (QED) is 0.688. The van der Waals surface area contributed by atoms with Gasteiger partial charge in [0.25, 0.3) is 0 Å². The minimum atomic E-state index is 0. The van der Waals surface area contributed by atoms with Crippen LogP contribution in [0.4, 0.5) is 0 Å². The molecule has 0 radical (unpaired) electrons. The lowest BCUT2D eigenvalue weighted by atomic mass is 10.0. The highest BCUT2D eigenvalue weighted by Crippen LogP contribution is 2.26. The Morgan fingerprint density at radius 3 is 2.46 bits per heavy atom. The highest BCUT2D eigenvalue weighted by molar-refractivity contribution is 5.85. The molecule has 138 valence electrons. The Labute approximate surface area is 162 Å². The molecule has 2 aromatic carbocycles. The van der Waals surface area contributed by atoms with Gasteiger partial charge in [0.1, 0.15) is 0 Å². The van der Waals surface area contributed by atoms with Gasteiger partial charge in [0.05, 0.1) is 5.69 Å². The van der Waals surface area contributed by atoms with Crippen molar-refractivity contribution in [1.29, 1.82) is 0 Å². The van der Waals surface area contributed by atoms with Crippen molar-refractivity contribution in [3.8, 4) is 11.3 Å². The maximum absolute atomic E-state index is 5.86. The van der Waals surface area contributed by atoms with Crippen LogP contribution in [-0.4, -0.2) is 27.8 Å². The first-order valence-electron chi connectivity index (χ1n) is 8.71. The molecule has 0 spiro atoms. The molecule has 26 heavy (non-hydrogen) atoms. The molecule has 1 aromatic heterocycles. The number of benzene rings is 2. The number of hydrogen-bond donors (Lipinski definition) is 1. The smallest absolute Gasteiger partial charge is 0.0682 e. The van der Waals surface area contributed by atoms with E-state index in [1.165, 1.54) is 22.3 Å². The lowest BCUT2D eigenvalue weighted by Crippen LogP contribution is -2.29. The third kappa shape index (κ3) is 4.94. The van der Waals surface area contributed by atoms with Gasteiger partial charge < -0.3 is 5.73 Å². The van der Waals surface area contributed by atoms with E-state index >= 15 is 0 Å². The zero-order valence-corrected chi connectivity index (χ0v) is 16.2. The van der Waals surface area contributed by atoms with Gasteiger partial charge in [-0.1, -0.05) is 48.0 Å². The number of halogens is 1. The molecule has 0 atom stereocenters. The minimum Gasteiger partial charge on any atom is -0.329 e. The Hall–Kier alpha value is -2.14. The molecule has 0 aliphatic rings. The van der Waals surface area contributed by atoms with Gasteiger partial charge in [-0.05, 0) is 30.2 Å². The molecular weight excluding hydrogens is 344 g/mol. The summed E-state index contributed by atoms with van der Waals surface area (Å²) in [5.74, 6) is 0. The predicted octanol–water partition coefficient (Wildman–Crippen LogP) is 3.78. The van der Waals surface area contributed by atoms with Gasteiger partial charge in [-0.3, -0.25) is 9.58 Å². The zero-order valence-electron chi connectivity index (χ0n) is 15.4. The van der Waals surface area contributed by atoms with E-state index in [0.29, 0.717) is 6.54 Å². The van der Waals surface area contributed by atoms with Crippen molar-refractivity contribution in [1.82, 2.24) is 14.7 Å². The first-order chi connectivity index (χ1) is 12.2. The Morgan fingerprint density at radius 1 is 1.04 bits per heavy atom. The average molecular weight is 371 g/mol. The predicted molar refractivity (Wildman–Crippen MR) is 110 cm³/mol. The van der Waals surface area contributed by atoms with Crippen LogP contribution in [0.1, 0.15) is 16.7 Å². The van der Waals surface area contributed by atoms with Gasteiger partial charge in [-0.2, -0.15) is 5.10 Å². The summed E-state index contributed by atoms with van der Waals surface area (Å²) in [7, 11) is 1.99. The minimum absolute atomic E-state index is 0. The Morgan fingerprint density at radius 2 is 1.81 bits per heavy atom. The topological polar surface area (TPSA) is 47.1 Å². The zero-order chi connectivity index (χ0) is 17.6. The van der Waals surface area contributed by atoms with Crippen LogP contribution < -0.4 is 5.73 Å². The maximum Gasteiger partial charge on any atom is 0.0682 e. The summed E-state index contributed by atoms with van der Waals surface area (Å²) in [6.07, 6.45) is 1.85. The molecule has 2 N–H and O–H groups in total. The van der Waals surface area contributed by atoms with Crippen LogP contribution in [0.2, 0.25) is 0 Å². The molecule has 1 heterocycles. The first kappa shape index (κ1) is 20.2. The molecule has 3 rings (SSSR count). The third-order valence-corrected chi connectivity index (χ3v) is 4.45. The number of nitrogens with zero attached hydrogens (tertiary/aromatic N) is 3. The van der Waals surface area contributed by atoms with Crippen LogP contribution in [0.15, 0.2) is 60.8 Å². The Balaban J connectivity index is 0.00000243. The van der Waals surface area contributed by atoms with Gasteiger partial charge in [0.15, 0.2) is 0 Å². The first-order valence-corrected chi connectivity index (χ1v) is 8.71. The van der Waals surface area contributed by atoms with E-state index in [1.54, 1.807) is 0 Å². The van der Waals surface area contributed by atoms with Crippen LogP contribution in [-0.2, 0) is 20.1 Å². The van der Waals surface area contributed by atoms with Crippen molar-refractivity contribution in [2.75, 3.05) is 13.1 Å². The van der Waals surface area contributed by atoms with Crippen molar-refractivity contribution in [2.45, 2.75) is 20.0 Å². The molecule has 0 unspecified atom stereocenters. The van der Waals surface area contributed by atoms with Gasteiger partial charge in [-0.15, -0.1) is 12.4 Å². The van der Waals surface area contributed by atoms with Gasteiger partial charge in [0, 0.05) is 45.0 Å². The molecular formula is C21H27ClN4. The van der Waals surface area contributed by atoms with Crippen LogP contribution in [0.3, 0.4) is 0 Å². The van der Waals surface area contributed by atoms with E-state index in [1.807, 2.05) is 17.9 Å². The summed E-state index contributed by atoms with van der Waals surface area (Å²) < 4.78 is 1.93. The summed E-state index contributed by atoms with van der Waals surface area (Å²) in [6, 6.07) is 19.3. The third-order valence-electron chi connectivity index (χ3n) is 4.45. The van der Waals surface area contributed by atoms with Crippen molar-refractivity contribution in [3.63, 3.8) is 0 Å². The second-order valence-electron chi connectivity index (χ2n) is 6.49. The molecule has 0 aliphatic heterocycles. The number of rotatable bonds is 7. The standard InChI is InChI=1S/C21H26N4.ClH/c1-17-8-9-19(20(14-17)21-10-12-23-24(21)2)16-25(13-11-22)15-18-6-4-3-5-7-18;/h3-10,12,14H,11,13,15-16,22H2,1-2H3;1H. The van der Waals surface area contributed by atoms with Crippen LogP contribution in [0.25, 0.3) is 11.3 Å². The molecule has 5 heteroatoms. The van der Waals surface area contributed by atoms with E-state index in [2.05, 4.69) is 71.5 Å². The van der Waals surface area contributed by atoms with E-state index in [4.69, 9.17) is 5.73 Å². The highest BCUT2D eigenvalue weighted by atomic mass is 35.5. The SMILES string of the molecule is Cc1ccc(CN(CCN)Cc2ccccc2)c(-c2ccnn2C)c1.Cl. The fourth-order valence-corrected chi connectivity index (χ4v) is 3.18. The molecule has 0 amide bonds. The highest BCUT2D eigenvalue weighted by Gasteiger charge is 2.13. The van der Waals surface area contributed by atoms with E-state index in [-0.39, 0.29) is 12.4 Å². The maximum atomic E-state index is 5.86. The lowest BCUT2D eigenvalue weighted by Gasteiger charge is -2.23. The molecule has 0 bridgehead atoms. The number of aryl methyl sites for hydroxylation is 2. The van der Waals surface area contributed by atoms with Crippen molar-refractivity contribution in [2.24, 2.45) is 12.8 Å². The van der Waals surface area contributed by atoms with Gasteiger partial charge in [-0.25, -0.2) is 0 Å². The van der Waals surface area contributed by atoms with E-state index in [9.17, 15) is 0 Å². The lowest BCUT2D eigenvalue weighted by molar-refractivity contribution is 0.264. The summed E-state index contributed by atoms with van der Waals surface area (Å²) in [5, 5.41) is 4.33. The molecule has 0 saturated carbocycles. The fraction of sp³-hybridized carbons (Fsp3) is 0.286. The largest absolute Gasteiger partial charge is 0.329 e. The number of nitrogens with two attached hydrogens (primary N) is 1. The molecule has 3 aromatic rings. The molecule has 4 nitrogen and oxygen atoms in total. The van der Waals surface area contributed by atoms with Crippen LogP contribution in [0.5, 0.6) is 0 Å². The van der Waals surface area contributed by atoms with E-state index < -0.39 is 0 Å². The Bertz CT molecular complexity index is 814. The van der Waals surface area contributed by atoms with Crippen LogP contribution in [0, 0.1) is 6.92 Å². The second kappa shape index (κ2) is 9.53. The van der Waals surface area contributed by atoms with Gasteiger partial charge >= 0.3 is 0 Å². The summed E-state index contributed by atoms with van der Waals surface area (Å²) in [5.41, 5.74) is 12.1. The average Bonchev–Trinajstić information content (AvgIpc) is 3.03. The fourth-order valence-electron chi connectivity index (χ4n) is 3.18. The summed E-state index contributed by atoms with van der Waals surface area (Å²) >= 11 is 0. The van der Waals surface area contributed by atoms with Crippen molar-refractivity contribution < 1.29 is 0 Å². The van der Waals surface area contributed by atoms with Gasteiger partial charge in [0.2, 0.25) is 0 Å². The van der Waals surface area contributed by atoms with Crippen molar-refractivity contribution >= 4 is 12.4 Å². The molecule has 0 saturated heterocycles. The number of aromatic nitrogens is 2. The monoisotopic (exact) mass is 370 g/mol. The normalized spacial score (nSPS) is 10.8. The molecule has 0 aliphatic carbocycles.